The first-order valence-corrected chi connectivity index (χ1v) is 7.59. The van der Waals surface area contributed by atoms with Crippen LogP contribution >= 0.6 is 0 Å². The molecule has 1 N–H and O–H groups in total. The lowest BCUT2D eigenvalue weighted by atomic mass is 10.0. The summed E-state index contributed by atoms with van der Waals surface area (Å²) in [5, 5.41) is 3.66. The van der Waals surface area contributed by atoms with E-state index in [4.69, 9.17) is 0 Å². The summed E-state index contributed by atoms with van der Waals surface area (Å²) in [4.78, 5) is 2.40. The second-order valence-corrected chi connectivity index (χ2v) is 5.79. The van der Waals surface area contributed by atoms with E-state index in [1.807, 2.05) is 0 Å². The normalized spacial score (nSPS) is 13.2. The monoisotopic (exact) mass is 262 g/mol. The van der Waals surface area contributed by atoms with E-state index in [0.717, 1.165) is 25.6 Å². The first-order valence-electron chi connectivity index (χ1n) is 7.59. The van der Waals surface area contributed by atoms with Gasteiger partial charge in [0.1, 0.15) is 0 Å². The molecule has 1 rings (SSSR count). The van der Waals surface area contributed by atoms with Crippen molar-refractivity contribution in [3.63, 3.8) is 0 Å². The van der Waals surface area contributed by atoms with Gasteiger partial charge in [0.25, 0.3) is 0 Å². The zero-order chi connectivity index (χ0) is 14.1. The van der Waals surface area contributed by atoms with Gasteiger partial charge < -0.3 is 10.2 Å². The fourth-order valence-electron chi connectivity index (χ4n) is 2.46. The van der Waals surface area contributed by atoms with Crippen LogP contribution in [0.15, 0.2) is 30.3 Å². The number of hydrogen-bond donors (Lipinski definition) is 1. The van der Waals surface area contributed by atoms with Crippen molar-refractivity contribution >= 4 is 0 Å². The van der Waals surface area contributed by atoms with Crippen molar-refractivity contribution in [2.75, 3.05) is 20.1 Å². The Morgan fingerprint density at radius 2 is 1.84 bits per heavy atom. The third-order valence-electron chi connectivity index (χ3n) is 3.66. The molecule has 1 unspecified atom stereocenters. The summed E-state index contributed by atoms with van der Waals surface area (Å²) in [6.45, 7) is 10.2. The highest BCUT2D eigenvalue weighted by Gasteiger charge is 2.09. The number of nitrogens with zero attached hydrogens (tertiary/aromatic N) is 1. The smallest absolute Gasteiger partial charge is 0.0230 e. The molecule has 0 saturated carbocycles. The molecule has 2 nitrogen and oxygen atoms in total. The lowest BCUT2D eigenvalue weighted by Crippen LogP contribution is -2.35. The highest BCUT2D eigenvalue weighted by atomic mass is 15.1. The van der Waals surface area contributed by atoms with E-state index >= 15 is 0 Å². The van der Waals surface area contributed by atoms with Gasteiger partial charge in [-0.1, -0.05) is 51.1 Å². The van der Waals surface area contributed by atoms with E-state index in [9.17, 15) is 0 Å². The molecule has 0 amide bonds. The van der Waals surface area contributed by atoms with Crippen LogP contribution in [-0.2, 0) is 6.54 Å². The molecule has 0 aliphatic carbocycles. The van der Waals surface area contributed by atoms with E-state index in [0.29, 0.717) is 6.04 Å². The topological polar surface area (TPSA) is 15.3 Å². The number of nitrogens with one attached hydrogen (secondary N) is 1. The van der Waals surface area contributed by atoms with Crippen LogP contribution in [0, 0.1) is 5.92 Å². The van der Waals surface area contributed by atoms with Crippen molar-refractivity contribution in [3.8, 4) is 0 Å². The second kappa shape index (κ2) is 9.11. The summed E-state index contributed by atoms with van der Waals surface area (Å²) >= 11 is 0. The maximum Gasteiger partial charge on any atom is 0.0230 e. The molecule has 0 saturated heterocycles. The molecule has 0 spiro atoms. The van der Waals surface area contributed by atoms with Crippen molar-refractivity contribution in [1.82, 2.24) is 10.2 Å². The minimum atomic E-state index is 0.666. The maximum atomic E-state index is 3.66. The Bertz CT molecular complexity index is 321. The Kier molecular flexibility index (Phi) is 7.76. The van der Waals surface area contributed by atoms with E-state index in [-0.39, 0.29) is 0 Å². The number of benzene rings is 1. The first-order chi connectivity index (χ1) is 9.13. The standard InChI is InChI=1S/C17H30N2/c1-5-17(15(2)3)18-12-9-13-19(4)14-16-10-7-6-8-11-16/h6-8,10-11,15,17-18H,5,9,12-14H2,1-4H3. The molecule has 0 fully saturated rings. The molecule has 1 aromatic rings. The Morgan fingerprint density at radius 3 is 2.42 bits per heavy atom. The summed E-state index contributed by atoms with van der Waals surface area (Å²) in [6, 6.07) is 11.4. The van der Waals surface area contributed by atoms with Gasteiger partial charge in [0.15, 0.2) is 0 Å². The van der Waals surface area contributed by atoms with Crippen LogP contribution in [0.2, 0.25) is 0 Å². The predicted molar refractivity (Wildman–Crippen MR) is 84.3 cm³/mol. The molecule has 2 heteroatoms. The van der Waals surface area contributed by atoms with Crippen LogP contribution in [0.1, 0.15) is 39.2 Å². The minimum absolute atomic E-state index is 0.666. The van der Waals surface area contributed by atoms with E-state index in [1.54, 1.807) is 0 Å². The van der Waals surface area contributed by atoms with Crippen LogP contribution in [0.5, 0.6) is 0 Å². The van der Waals surface area contributed by atoms with Gasteiger partial charge in [0, 0.05) is 12.6 Å². The highest BCUT2D eigenvalue weighted by molar-refractivity contribution is 5.14. The third-order valence-corrected chi connectivity index (χ3v) is 3.66. The van der Waals surface area contributed by atoms with E-state index in [1.165, 1.54) is 18.4 Å². The van der Waals surface area contributed by atoms with Gasteiger partial charge >= 0.3 is 0 Å². The van der Waals surface area contributed by atoms with Crippen molar-refractivity contribution in [2.45, 2.75) is 46.2 Å². The Labute approximate surface area is 119 Å². The Hall–Kier alpha value is -0.860. The van der Waals surface area contributed by atoms with Crippen molar-refractivity contribution < 1.29 is 0 Å². The van der Waals surface area contributed by atoms with Gasteiger partial charge in [-0.2, -0.15) is 0 Å². The number of hydrogen-bond acceptors (Lipinski definition) is 2. The summed E-state index contributed by atoms with van der Waals surface area (Å²) in [7, 11) is 2.20. The SMILES string of the molecule is CCC(NCCCN(C)Cc1ccccc1)C(C)C. The van der Waals surface area contributed by atoms with Gasteiger partial charge in [0.05, 0.1) is 0 Å². The lowest BCUT2D eigenvalue weighted by Gasteiger charge is -2.22. The molecular formula is C17H30N2. The van der Waals surface area contributed by atoms with Gasteiger partial charge in [0.2, 0.25) is 0 Å². The van der Waals surface area contributed by atoms with Crippen molar-refractivity contribution in [3.05, 3.63) is 35.9 Å². The molecule has 0 radical (unpaired) electrons. The zero-order valence-electron chi connectivity index (χ0n) is 13.0. The minimum Gasteiger partial charge on any atom is -0.314 e. The van der Waals surface area contributed by atoms with Crippen molar-refractivity contribution in [1.29, 1.82) is 0 Å². The van der Waals surface area contributed by atoms with Crippen molar-refractivity contribution in [2.24, 2.45) is 5.92 Å². The summed E-state index contributed by atoms with van der Waals surface area (Å²) in [5.74, 6) is 0.729. The molecular weight excluding hydrogens is 232 g/mol. The fraction of sp³-hybridized carbons (Fsp3) is 0.647. The fourth-order valence-corrected chi connectivity index (χ4v) is 2.46. The molecule has 19 heavy (non-hydrogen) atoms. The second-order valence-electron chi connectivity index (χ2n) is 5.79. The summed E-state index contributed by atoms with van der Waals surface area (Å²) in [5.41, 5.74) is 1.39. The van der Waals surface area contributed by atoms with Crippen LogP contribution in [0.3, 0.4) is 0 Å². The van der Waals surface area contributed by atoms with Gasteiger partial charge in [-0.25, -0.2) is 0 Å². The van der Waals surface area contributed by atoms with Gasteiger partial charge in [-0.15, -0.1) is 0 Å². The van der Waals surface area contributed by atoms with E-state index in [2.05, 4.69) is 68.4 Å². The van der Waals surface area contributed by atoms with Crippen LogP contribution in [-0.4, -0.2) is 31.1 Å². The molecule has 1 aromatic carbocycles. The molecule has 0 bridgehead atoms. The molecule has 108 valence electrons. The van der Waals surface area contributed by atoms with E-state index < -0.39 is 0 Å². The quantitative estimate of drug-likeness (QED) is 0.685. The number of rotatable bonds is 9. The predicted octanol–water partition coefficient (Wildman–Crippen LogP) is 3.53. The van der Waals surface area contributed by atoms with Crippen LogP contribution in [0.4, 0.5) is 0 Å². The lowest BCUT2D eigenvalue weighted by molar-refractivity contribution is 0.308. The molecule has 0 aromatic heterocycles. The zero-order valence-corrected chi connectivity index (χ0v) is 13.0. The largest absolute Gasteiger partial charge is 0.314 e. The average molecular weight is 262 g/mol. The average Bonchev–Trinajstić information content (AvgIpc) is 2.39. The Balaban J connectivity index is 2.15. The first kappa shape index (κ1) is 16.2. The molecule has 1 atom stereocenters. The summed E-state index contributed by atoms with van der Waals surface area (Å²) < 4.78 is 0. The van der Waals surface area contributed by atoms with Crippen LogP contribution in [0.25, 0.3) is 0 Å². The molecule has 0 aliphatic heterocycles. The van der Waals surface area contributed by atoms with Gasteiger partial charge in [-0.05, 0) is 44.5 Å². The van der Waals surface area contributed by atoms with Crippen LogP contribution < -0.4 is 5.32 Å². The molecule has 0 aliphatic rings. The highest BCUT2D eigenvalue weighted by Crippen LogP contribution is 2.06. The molecule has 0 heterocycles. The Morgan fingerprint density at radius 1 is 1.16 bits per heavy atom. The van der Waals surface area contributed by atoms with Gasteiger partial charge in [-0.3, -0.25) is 0 Å². The maximum absolute atomic E-state index is 3.66. The summed E-state index contributed by atoms with van der Waals surface area (Å²) in [6.07, 6.45) is 2.43. The third kappa shape index (κ3) is 6.74.